The summed E-state index contributed by atoms with van der Waals surface area (Å²) >= 11 is 0. The monoisotopic (exact) mass is 414 g/mol. The van der Waals surface area contributed by atoms with Gasteiger partial charge in [-0.1, -0.05) is 48.5 Å². The molecule has 0 radical (unpaired) electrons. The average molecular weight is 414 g/mol. The van der Waals surface area contributed by atoms with E-state index < -0.39 is 6.04 Å². The molecule has 1 atom stereocenters. The number of anilines is 1. The Hall–Kier alpha value is -3.77. The first-order valence-electron chi connectivity index (χ1n) is 10.0. The topological polar surface area (TPSA) is 50.2 Å². The predicted octanol–water partition coefficient (Wildman–Crippen LogP) is 4.82. The highest BCUT2D eigenvalue weighted by Gasteiger charge is 2.25. The second-order valence-electron chi connectivity index (χ2n) is 7.35. The molecule has 0 saturated carbocycles. The van der Waals surface area contributed by atoms with E-state index in [1.54, 1.807) is 12.1 Å². The van der Waals surface area contributed by atoms with Crippen LogP contribution in [0.1, 0.15) is 17.2 Å². The summed E-state index contributed by atoms with van der Waals surface area (Å²) in [6, 6.07) is 24.7. The minimum Gasteiger partial charge on any atom is -0.324 e. The van der Waals surface area contributed by atoms with Crippen molar-refractivity contribution in [1.29, 1.82) is 0 Å². The lowest BCUT2D eigenvalue weighted by atomic mass is 10.0. The van der Waals surface area contributed by atoms with Crippen LogP contribution in [0.15, 0.2) is 97.3 Å². The van der Waals surface area contributed by atoms with Crippen LogP contribution in [0.2, 0.25) is 0 Å². The number of hydrogen-bond donors (Lipinski definition) is 1. The summed E-state index contributed by atoms with van der Waals surface area (Å²) in [5, 5.41) is 7.34. The Bertz CT molecular complexity index is 1130. The first-order chi connectivity index (χ1) is 15.1. The van der Waals surface area contributed by atoms with E-state index >= 15 is 0 Å². The van der Waals surface area contributed by atoms with Gasteiger partial charge in [0.1, 0.15) is 11.9 Å². The lowest BCUT2D eigenvalue weighted by Crippen LogP contribution is -2.34. The molecule has 0 aliphatic carbocycles. The zero-order chi connectivity index (χ0) is 21.6. The number of para-hydroxylation sites is 1. The summed E-state index contributed by atoms with van der Waals surface area (Å²) in [6.07, 6.45) is 3.77. The quantitative estimate of drug-likeness (QED) is 0.472. The molecule has 156 valence electrons. The van der Waals surface area contributed by atoms with Crippen molar-refractivity contribution in [2.24, 2.45) is 0 Å². The molecule has 0 saturated heterocycles. The Balaban J connectivity index is 1.54. The van der Waals surface area contributed by atoms with Crippen molar-refractivity contribution in [2.75, 3.05) is 12.4 Å². The van der Waals surface area contributed by atoms with Gasteiger partial charge in [-0.3, -0.25) is 9.69 Å². The highest BCUT2D eigenvalue weighted by molar-refractivity contribution is 5.95. The molecule has 4 rings (SSSR count). The minimum atomic E-state index is -0.522. The Morgan fingerprint density at radius 2 is 1.65 bits per heavy atom. The molecule has 0 fully saturated rings. The number of amides is 1. The highest BCUT2D eigenvalue weighted by atomic mass is 19.1. The van der Waals surface area contributed by atoms with E-state index in [0.29, 0.717) is 12.2 Å². The number of rotatable bonds is 7. The van der Waals surface area contributed by atoms with Crippen LogP contribution in [-0.4, -0.2) is 27.6 Å². The number of benzene rings is 3. The number of halogens is 1. The maximum atomic E-state index is 13.2. The molecule has 0 spiro atoms. The van der Waals surface area contributed by atoms with Crippen molar-refractivity contribution in [3.8, 4) is 5.69 Å². The minimum absolute atomic E-state index is 0.184. The van der Waals surface area contributed by atoms with Crippen LogP contribution in [0.3, 0.4) is 0 Å². The largest absolute Gasteiger partial charge is 0.324 e. The second kappa shape index (κ2) is 9.36. The first-order valence-corrected chi connectivity index (χ1v) is 10.0. The third-order valence-electron chi connectivity index (χ3n) is 5.00. The number of carbonyl (C=O) groups excluding carboxylic acids is 1. The van der Waals surface area contributed by atoms with Crippen LogP contribution >= 0.6 is 0 Å². The molecule has 31 heavy (non-hydrogen) atoms. The Morgan fingerprint density at radius 1 is 1.00 bits per heavy atom. The maximum absolute atomic E-state index is 13.2. The fraction of sp³-hybridized carbons (Fsp3) is 0.120. The lowest BCUT2D eigenvalue weighted by Gasteiger charge is -2.27. The molecule has 0 aliphatic heterocycles. The van der Waals surface area contributed by atoms with E-state index in [4.69, 9.17) is 0 Å². The Kier molecular flexibility index (Phi) is 6.19. The van der Waals surface area contributed by atoms with Crippen LogP contribution in [0, 0.1) is 5.82 Å². The van der Waals surface area contributed by atoms with E-state index in [0.717, 1.165) is 16.8 Å². The molecule has 5 nitrogen and oxygen atoms in total. The van der Waals surface area contributed by atoms with Gasteiger partial charge in [0.2, 0.25) is 5.91 Å². The second-order valence-corrected chi connectivity index (χ2v) is 7.35. The summed E-state index contributed by atoms with van der Waals surface area (Å²) in [7, 11) is 1.90. The fourth-order valence-electron chi connectivity index (χ4n) is 3.53. The zero-order valence-corrected chi connectivity index (χ0v) is 17.1. The molecule has 0 unspecified atom stereocenters. The molecule has 1 heterocycles. The van der Waals surface area contributed by atoms with Crippen molar-refractivity contribution in [3.05, 3.63) is 114 Å². The van der Waals surface area contributed by atoms with Gasteiger partial charge in [-0.05, 0) is 49.0 Å². The van der Waals surface area contributed by atoms with E-state index in [9.17, 15) is 9.18 Å². The van der Waals surface area contributed by atoms with E-state index in [1.165, 1.54) is 12.1 Å². The van der Waals surface area contributed by atoms with Crippen LogP contribution in [0.4, 0.5) is 10.1 Å². The molecular weight excluding hydrogens is 391 g/mol. The van der Waals surface area contributed by atoms with Gasteiger partial charge in [-0.25, -0.2) is 9.07 Å². The molecule has 1 N–H and O–H groups in total. The van der Waals surface area contributed by atoms with Gasteiger partial charge >= 0.3 is 0 Å². The molecule has 6 heteroatoms. The summed E-state index contributed by atoms with van der Waals surface area (Å²) in [5.74, 6) is -0.527. The SMILES string of the molecule is CN(Cc1cnn(-c2ccccc2)c1)[C@@H](C(=O)Nc1ccc(F)cc1)c1ccccc1. The van der Waals surface area contributed by atoms with Gasteiger partial charge < -0.3 is 5.32 Å². The third kappa shape index (κ3) is 5.05. The zero-order valence-electron chi connectivity index (χ0n) is 17.1. The third-order valence-corrected chi connectivity index (χ3v) is 5.00. The Morgan fingerprint density at radius 3 is 2.32 bits per heavy atom. The molecule has 4 aromatic rings. The van der Waals surface area contributed by atoms with E-state index in [1.807, 2.05) is 89.7 Å². The molecule has 1 aromatic heterocycles. The molecular formula is C25H23FN4O. The molecule has 0 bridgehead atoms. The summed E-state index contributed by atoms with van der Waals surface area (Å²) in [4.78, 5) is 15.2. The van der Waals surface area contributed by atoms with E-state index in [-0.39, 0.29) is 11.7 Å². The number of hydrogen-bond acceptors (Lipinski definition) is 3. The van der Waals surface area contributed by atoms with Gasteiger partial charge in [-0.2, -0.15) is 5.10 Å². The summed E-state index contributed by atoms with van der Waals surface area (Å²) < 4.78 is 15.0. The number of carbonyl (C=O) groups is 1. The number of nitrogens with zero attached hydrogens (tertiary/aromatic N) is 3. The Labute approximate surface area is 180 Å². The molecule has 3 aromatic carbocycles. The molecule has 0 aliphatic rings. The predicted molar refractivity (Wildman–Crippen MR) is 119 cm³/mol. The van der Waals surface area contributed by atoms with Gasteiger partial charge in [0.25, 0.3) is 0 Å². The average Bonchev–Trinajstić information content (AvgIpc) is 3.25. The van der Waals surface area contributed by atoms with Gasteiger partial charge in [0.15, 0.2) is 0 Å². The van der Waals surface area contributed by atoms with Gasteiger partial charge in [0.05, 0.1) is 11.9 Å². The summed E-state index contributed by atoms with van der Waals surface area (Å²) in [6.45, 7) is 0.531. The van der Waals surface area contributed by atoms with Crippen LogP contribution < -0.4 is 5.32 Å². The molecule has 1 amide bonds. The van der Waals surface area contributed by atoms with Crippen molar-refractivity contribution < 1.29 is 9.18 Å². The van der Waals surface area contributed by atoms with E-state index in [2.05, 4.69) is 10.4 Å². The van der Waals surface area contributed by atoms with Gasteiger partial charge in [0, 0.05) is 24.0 Å². The maximum Gasteiger partial charge on any atom is 0.246 e. The normalized spacial score (nSPS) is 12.0. The standard InChI is InChI=1S/C25H23FN4O/c1-29(17-19-16-27-30(18-19)23-10-6-3-7-11-23)24(20-8-4-2-5-9-20)25(31)28-22-14-12-21(26)13-15-22/h2-16,18,24H,17H2,1H3,(H,28,31)/t24-/m1/s1. The number of likely N-dealkylation sites (N-methyl/N-ethyl adjacent to an activating group) is 1. The fourth-order valence-corrected chi connectivity index (χ4v) is 3.53. The number of nitrogens with one attached hydrogen (secondary N) is 1. The van der Waals surface area contributed by atoms with Crippen LogP contribution in [0.25, 0.3) is 5.69 Å². The van der Waals surface area contributed by atoms with Crippen molar-refractivity contribution in [3.63, 3.8) is 0 Å². The van der Waals surface area contributed by atoms with Crippen LogP contribution in [-0.2, 0) is 11.3 Å². The van der Waals surface area contributed by atoms with Crippen molar-refractivity contribution in [2.45, 2.75) is 12.6 Å². The van der Waals surface area contributed by atoms with Crippen molar-refractivity contribution >= 4 is 11.6 Å². The number of aromatic nitrogens is 2. The smallest absolute Gasteiger partial charge is 0.246 e. The highest BCUT2D eigenvalue weighted by Crippen LogP contribution is 2.24. The van der Waals surface area contributed by atoms with Gasteiger partial charge in [-0.15, -0.1) is 0 Å². The first kappa shape index (κ1) is 20.5. The van der Waals surface area contributed by atoms with Crippen molar-refractivity contribution in [1.82, 2.24) is 14.7 Å². The van der Waals surface area contributed by atoms with Crippen LogP contribution in [0.5, 0.6) is 0 Å². The summed E-state index contributed by atoms with van der Waals surface area (Å²) in [5.41, 5.74) is 3.39. The lowest BCUT2D eigenvalue weighted by molar-refractivity contribution is -0.121.